The Morgan fingerprint density at radius 1 is 1.29 bits per heavy atom. The summed E-state index contributed by atoms with van der Waals surface area (Å²) in [7, 11) is -3.08. The van der Waals surface area contributed by atoms with Crippen molar-refractivity contribution in [3.8, 4) is 0 Å². The zero-order valence-corrected chi connectivity index (χ0v) is 12.7. The standard InChI is InChI=1S/C12H17N3O5S/c1-12(2,11(14)17)15-21(18,19)9-6-7(13)4-5-8(9)10(16)20-3/h4-6,15H,13H2,1-3H3,(H2,14,17). The molecule has 0 aromatic heterocycles. The van der Waals surface area contributed by atoms with Crippen LogP contribution in [0.25, 0.3) is 0 Å². The predicted octanol–water partition coefficient (Wildman–Crippen LogP) is -0.402. The molecule has 0 unspecified atom stereocenters. The van der Waals surface area contributed by atoms with E-state index in [1.165, 1.54) is 26.0 Å². The molecule has 0 radical (unpaired) electrons. The molecule has 0 saturated carbocycles. The fourth-order valence-electron chi connectivity index (χ4n) is 1.48. The molecule has 5 N–H and O–H groups in total. The molecule has 0 aliphatic heterocycles. The fourth-order valence-corrected chi connectivity index (χ4v) is 3.10. The smallest absolute Gasteiger partial charge is 0.339 e. The lowest BCUT2D eigenvalue weighted by molar-refractivity contribution is -0.122. The summed E-state index contributed by atoms with van der Waals surface area (Å²) in [5.74, 6) is -1.71. The first-order valence-corrected chi connectivity index (χ1v) is 7.31. The Balaban J connectivity index is 3.41. The van der Waals surface area contributed by atoms with Crippen LogP contribution in [0.1, 0.15) is 24.2 Å². The van der Waals surface area contributed by atoms with E-state index in [1.54, 1.807) is 0 Å². The van der Waals surface area contributed by atoms with Crippen LogP contribution in [0.5, 0.6) is 0 Å². The maximum Gasteiger partial charge on any atom is 0.339 e. The number of ether oxygens (including phenoxy) is 1. The molecule has 0 aliphatic carbocycles. The van der Waals surface area contributed by atoms with E-state index in [0.29, 0.717) is 0 Å². The Morgan fingerprint density at radius 3 is 2.33 bits per heavy atom. The lowest BCUT2D eigenvalue weighted by atomic mass is 10.1. The molecule has 0 atom stereocenters. The molecule has 1 aromatic carbocycles. The molecular formula is C12H17N3O5S. The minimum atomic E-state index is -4.20. The maximum atomic E-state index is 12.4. The van der Waals surface area contributed by atoms with E-state index in [-0.39, 0.29) is 16.1 Å². The molecule has 0 spiro atoms. The number of primary amides is 1. The first-order valence-electron chi connectivity index (χ1n) is 5.83. The van der Waals surface area contributed by atoms with Gasteiger partial charge >= 0.3 is 5.97 Å². The second-order valence-corrected chi connectivity index (χ2v) is 6.49. The van der Waals surface area contributed by atoms with Crippen LogP contribution in [0.3, 0.4) is 0 Å². The van der Waals surface area contributed by atoms with Gasteiger partial charge in [-0.15, -0.1) is 0 Å². The lowest BCUT2D eigenvalue weighted by Crippen LogP contribution is -2.53. The molecule has 21 heavy (non-hydrogen) atoms. The van der Waals surface area contributed by atoms with Crippen LogP contribution < -0.4 is 16.2 Å². The van der Waals surface area contributed by atoms with E-state index in [1.807, 2.05) is 0 Å². The first-order chi connectivity index (χ1) is 9.51. The average Bonchev–Trinajstić information content (AvgIpc) is 2.36. The van der Waals surface area contributed by atoms with Crippen LogP contribution in [0, 0.1) is 0 Å². The minimum Gasteiger partial charge on any atom is -0.465 e. The van der Waals surface area contributed by atoms with Crippen molar-refractivity contribution in [1.82, 2.24) is 4.72 Å². The molecule has 0 fully saturated rings. The quantitative estimate of drug-likeness (QED) is 0.498. The molecule has 0 aliphatic rings. The van der Waals surface area contributed by atoms with Gasteiger partial charge in [0.15, 0.2) is 0 Å². The molecule has 0 heterocycles. The second-order valence-electron chi connectivity index (χ2n) is 4.84. The van der Waals surface area contributed by atoms with Gasteiger partial charge in [0.05, 0.1) is 17.6 Å². The third-order valence-corrected chi connectivity index (χ3v) is 4.40. The number of nitrogen functional groups attached to an aromatic ring is 1. The number of esters is 1. The van der Waals surface area contributed by atoms with Gasteiger partial charge < -0.3 is 16.2 Å². The van der Waals surface area contributed by atoms with Crippen molar-refractivity contribution in [2.24, 2.45) is 5.73 Å². The molecule has 8 nitrogen and oxygen atoms in total. The van der Waals surface area contributed by atoms with Crippen molar-refractivity contribution in [3.63, 3.8) is 0 Å². The zero-order valence-electron chi connectivity index (χ0n) is 11.8. The number of carbonyl (C=O) groups excluding carboxylic acids is 2. The molecule has 9 heteroatoms. The highest BCUT2D eigenvalue weighted by molar-refractivity contribution is 7.89. The van der Waals surface area contributed by atoms with Crippen molar-refractivity contribution in [2.45, 2.75) is 24.3 Å². The van der Waals surface area contributed by atoms with Gasteiger partial charge in [-0.3, -0.25) is 4.79 Å². The van der Waals surface area contributed by atoms with Gasteiger partial charge in [0.25, 0.3) is 0 Å². The number of sulfonamides is 1. The van der Waals surface area contributed by atoms with E-state index in [0.717, 1.165) is 13.2 Å². The highest BCUT2D eigenvalue weighted by Gasteiger charge is 2.33. The molecular weight excluding hydrogens is 298 g/mol. The van der Waals surface area contributed by atoms with Gasteiger partial charge in [0.2, 0.25) is 15.9 Å². The van der Waals surface area contributed by atoms with Crippen LogP contribution >= 0.6 is 0 Å². The Morgan fingerprint density at radius 2 is 1.86 bits per heavy atom. The number of methoxy groups -OCH3 is 1. The van der Waals surface area contributed by atoms with E-state index < -0.39 is 27.4 Å². The SMILES string of the molecule is COC(=O)c1ccc(N)cc1S(=O)(=O)NC(C)(C)C(N)=O. The lowest BCUT2D eigenvalue weighted by Gasteiger charge is -2.22. The maximum absolute atomic E-state index is 12.4. The Bertz CT molecular complexity index is 682. The summed E-state index contributed by atoms with van der Waals surface area (Å²) in [6, 6.07) is 3.70. The monoisotopic (exact) mass is 315 g/mol. The molecule has 0 saturated heterocycles. The van der Waals surface area contributed by atoms with Crippen molar-refractivity contribution in [3.05, 3.63) is 23.8 Å². The fraction of sp³-hybridized carbons (Fsp3) is 0.333. The summed E-state index contributed by atoms with van der Waals surface area (Å²) in [5.41, 5.74) is 9.09. The number of rotatable bonds is 5. The van der Waals surface area contributed by atoms with Gasteiger partial charge in [-0.2, -0.15) is 4.72 Å². The van der Waals surface area contributed by atoms with Crippen LogP contribution in [-0.2, 0) is 19.6 Å². The number of nitrogens with one attached hydrogen (secondary N) is 1. The number of hydrogen-bond acceptors (Lipinski definition) is 6. The second kappa shape index (κ2) is 5.70. The highest BCUT2D eigenvalue weighted by atomic mass is 32.2. The Hall–Kier alpha value is -2.13. The molecule has 1 rings (SSSR count). The predicted molar refractivity (Wildman–Crippen MR) is 75.8 cm³/mol. The highest BCUT2D eigenvalue weighted by Crippen LogP contribution is 2.21. The summed E-state index contributed by atoms with van der Waals surface area (Å²) in [6.07, 6.45) is 0. The van der Waals surface area contributed by atoms with Gasteiger partial charge in [-0.05, 0) is 32.0 Å². The zero-order chi connectivity index (χ0) is 16.4. The molecule has 0 bridgehead atoms. The van der Waals surface area contributed by atoms with Gasteiger partial charge in [0, 0.05) is 5.69 Å². The Labute approximate surface area is 122 Å². The Kier molecular flexibility index (Phi) is 4.59. The van der Waals surface area contributed by atoms with Crippen molar-refractivity contribution in [2.75, 3.05) is 12.8 Å². The first kappa shape index (κ1) is 16.9. The van der Waals surface area contributed by atoms with E-state index >= 15 is 0 Å². The summed E-state index contributed by atoms with van der Waals surface area (Å²) in [5, 5.41) is 0. The minimum absolute atomic E-state index is 0.139. The number of carbonyl (C=O) groups is 2. The topological polar surface area (TPSA) is 142 Å². The van der Waals surface area contributed by atoms with E-state index in [9.17, 15) is 18.0 Å². The number of hydrogen-bond donors (Lipinski definition) is 3. The van der Waals surface area contributed by atoms with Crippen molar-refractivity contribution in [1.29, 1.82) is 0 Å². The normalized spacial score (nSPS) is 12.0. The summed E-state index contributed by atoms with van der Waals surface area (Å²) >= 11 is 0. The summed E-state index contributed by atoms with van der Waals surface area (Å²) in [6.45, 7) is 2.61. The molecule has 1 amide bonds. The van der Waals surface area contributed by atoms with Gasteiger partial charge in [-0.25, -0.2) is 13.2 Å². The largest absolute Gasteiger partial charge is 0.465 e. The molecule has 1 aromatic rings. The van der Waals surface area contributed by atoms with E-state index in [2.05, 4.69) is 9.46 Å². The third-order valence-electron chi connectivity index (χ3n) is 2.71. The number of anilines is 1. The number of amides is 1. The average molecular weight is 315 g/mol. The van der Waals surface area contributed by atoms with Crippen LogP contribution in [-0.4, -0.2) is 32.9 Å². The van der Waals surface area contributed by atoms with Crippen molar-refractivity contribution >= 4 is 27.6 Å². The molecule has 116 valence electrons. The van der Waals surface area contributed by atoms with Crippen LogP contribution in [0.15, 0.2) is 23.1 Å². The summed E-state index contributed by atoms with van der Waals surface area (Å²) < 4.78 is 31.4. The van der Waals surface area contributed by atoms with E-state index in [4.69, 9.17) is 11.5 Å². The van der Waals surface area contributed by atoms with Gasteiger partial charge in [-0.1, -0.05) is 0 Å². The number of benzene rings is 1. The summed E-state index contributed by atoms with van der Waals surface area (Å²) in [4.78, 5) is 22.5. The third kappa shape index (κ3) is 3.70. The van der Waals surface area contributed by atoms with Crippen molar-refractivity contribution < 1.29 is 22.7 Å². The van der Waals surface area contributed by atoms with Gasteiger partial charge in [0.1, 0.15) is 5.54 Å². The van der Waals surface area contributed by atoms with Crippen LogP contribution in [0.2, 0.25) is 0 Å². The number of nitrogens with two attached hydrogens (primary N) is 2. The van der Waals surface area contributed by atoms with Crippen LogP contribution in [0.4, 0.5) is 5.69 Å².